The first kappa shape index (κ1) is 21.8. The molecule has 170 valence electrons. The van der Waals surface area contributed by atoms with Gasteiger partial charge in [-0.1, -0.05) is 36.0 Å². The number of hydrogen-bond donors (Lipinski definition) is 0. The summed E-state index contributed by atoms with van der Waals surface area (Å²) in [5.41, 5.74) is 1.33. The zero-order valence-electron chi connectivity index (χ0n) is 18.1. The molecule has 0 atom stereocenters. The van der Waals surface area contributed by atoms with E-state index in [1.807, 2.05) is 12.1 Å². The normalized spacial score (nSPS) is 16.5. The average molecular weight is 465 g/mol. The molecule has 0 saturated carbocycles. The van der Waals surface area contributed by atoms with E-state index in [-0.39, 0.29) is 23.3 Å². The van der Waals surface area contributed by atoms with Crippen molar-refractivity contribution < 1.29 is 14.3 Å². The fourth-order valence-corrected chi connectivity index (χ4v) is 5.18. The van der Waals surface area contributed by atoms with E-state index in [1.165, 1.54) is 16.7 Å². The van der Waals surface area contributed by atoms with E-state index in [0.29, 0.717) is 33.7 Å². The van der Waals surface area contributed by atoms with Gasteiger partial charge in [0.15, 0.2) is 5.16 Å². The van der Waals surface area contributed by atoms with E-state index in [9.17, 15) is 14.4 Å². The Morgan fingerprint density at radius 1 is 0.879 bits per heavy atom. The molecule has 9 heteroatoms. The second kappa shape index (κ2) is 9.46. The maximum atomic E-state index is 13.3. The summed E-state index contributed by atoms with van der Waals surface area (Å²) >= 11 is 1.24. The van der Waals surface area contributed by atoms with Crippen molar-refractivity contribution in [1.29, 1.82) is 0 Å². The molecule has 2 amide bonds. The molecular formula is C24H24N4O4S. The Labute approximate surface area is 195 Å². The molecule has 5 rings (SSSR count). The highest BCUT2D eigenvalue weighted by molar-refractivity contribution is 7.99. The monoisotopic (exact) mass is 464 g/mol. The molecular weight excluding hydrogens is 440 g/mol. The third-order valence-corrected chi connectivity index (χ3v) is 6.94. The molecule has 1 fully saturated rings. The SMILES string of the molecule is O=C1c2ccccc2C(=O)N1CSc1nc2ccccc2c(=O)n1CCCN1CCOCC1. The van der Waals surface area contributed by atoms with Crippen molar-refractivity contribution in [3.05, 3.63) is 70.0 Å². The van der Waals surface area contributed by atoms with Crippen molar-refractivity contribution in [3.63, 3.8) is 0 Å². The molecule has 3 heterocycles. The van der Waals surface area contributed by atoms with Crippen LogP contribution in [-0.2, 0) is 11.3 Å². The van der Waals surface area contributed by atoms with E-state index in [0.717, 1.165) is 39.3 Å². The lowest BCUT2D eigenvalue weighted by atomic mass is 10.1. The van der Waals surface area contributed by atoms with Gasteiger partial charge in [0, 0.05) is 26.2 Å². The van der Waals surface area contributed by atoms with Gasteiger partial charge in [0.25, 0.3) is 17.4 Å². The molecule has 2 aliphatic heterocycles. The summed E-state index contributed by atoms with van der Waals surface area (Å²) in [6.07, 6.45) is 0.792. The van der Waals surface area contributed by atoms with Crippen LogP contribution in [0.5, 0.6) is 0 Å². The van der Waals surface area contributed by atoms with E-state index in [4.69, 9.17) is 9.72 Å². The summed E-state index contributed by atoms with van der Waals surface area (Å²) in [5.74, 6) is -0.532. The molecule has 0 N–H and O–H groups in total. The van der Waals surface area contributed by atoms with Crippen LogP contribution in [0, 0.1) is 0 Å². The second-order valence-electron chi connectivity index (χ2n) is 8.03. The number of morpholine rings is 1. The molecule has 33 heavy (non-hydrogen) atoms. The summed E-state index contributed by atoms with van der Waals surface area (Å²) in [6.45, 7) is 4.64. The maximum Gasteiger partial charge on any atom is 0.262 e. The number of carbonyl (C=O) groups is 2. The van der Waals surface area contributed by atoms with Crippen LogP contribution in [0.3, 0.4) is 0 Å². The summed E-state index contributed by atoms with van der Waals surface area (Å²) in [4.78, 5) is 47.0. The van der Waals surface area contributed by atoms with Gasteiger partial charge in [-0.2, -0.15) is 0 Å². The first-order chi connectivity index (χ1) is 16.1. The smallest absolute Gasteiger partial charge is 0.262 e. The molecule has 1 saturated heterocycles. The number of para-hydroxylation sites is 1. The van der Waals surface area contributed by atoms with Gasteiger partial charge in [0.2, 0.25) is 0 Å². The number of ether oxygens (including phenoxy) is 1. The average Bonchev–Trinajstić information content (AvgIpc) is 3.09. The van der Waals surface area contributed by atoms with Gasteiger partial charge in [-0.3, -0.25) is 28.8 Å². The van der Waals surface area contributed by atoms with Crippen LogP contribution in [0.2, 0.25) is 0 Å². The van der Waals surface area contributed by atoms with Crippen molar-refractivity contribution in [2.75, 3.05) is 38.7 Å². The zero-order chi connectivity index (χ0) is 22.8. The van der Waals surface area contributed by atoms with Gasteiger partial charge in [-0.15, -0.1) is 0 Å². The predicted octanol–water partition coefficient (Wildman–Crippen LogP) is 2.46. The predicted molar refractivity (Wildman–Crippen MR) is 126 cm³/mol. The van der Waals surface area contributed by atoms with Gasteiger partial charge in [0.1, 0.15) is 0 Å². The number of thioether (sulfide) groups is 1. The van der Waals surface area contributed by atoms with Gasteiger partial charge in [-0.05, 0) is 30.7 Å². The molecule has 0 bridgehead atoms. The highest BCUT2D eigenvalue weighted by atomic mass is 32.2. The minimum absolute atomic E-state index is 0.0978. The number of imide groups is 1. The molecule has 0 aliphatic carbocycles. The third-order valence-electron chi connectivity index (χ3n) is 5.99. The number of fused-ring (bicyclic) bond motifs is 2. The Bertz CT molecular complexity index is 1230. The van der Waals surface area contributed by atoms with E-state index >= 15 is 0 Å². The lowest BCUT2D eigenvalue weighted by molar-refractivity contribution is 0.0368. The number of carbonyl (C=O) groups excluding carboxylic acids is 2. The van der Waals surface area contributed by atoms with Crippen LogP contribution in [-0.4, -0.2) is 69.9 Å². The standard InChI is InChI=1S/C24H24N4O4S/c29-21-17-6-1-2-7-18(17)22(30)28(21)16-33-24-25-20-9-4-3-8-19(20)23(31)27(24)11-5-10-26-12-14-32-15-13-26/h1-4,6-9H,5,10-16H2. The fourth-order valence-electron chi connectivity index (χ4n) is 4.21. The molecule has 8 nitrogen and oxygen atoms in total. The second-order valence-corrected chi connectivity index (χ2v) is 8.95. The van der Waals surface area contributed by atoms with Crippen molar-refractivity contribution in [3.8, 4) is 0 Å². The van der Waals surface area contributed by atoms with Crippen LogP contribution in [0.1, 0.15) is 27.1 Å². The van der Waals surface area contributed by atoms with Crippen LogP contribution < -0.4 is 5.56 Å². The molecule has 2 aliphatic rings. The number of hydrogen-bond acceptors (Lipinski definition) is 7. The summed E-state index contributed by atoms with van der Waals surface area (Å²) < 4.78 is 7.07. The molecule has 0 spiro atoms. The minimum atomic E-state index is -0.315. The number of aromatic nitrogens is 2. The quantitative estimate of drug-likeness (QED) is 0.302. The topological polar surface area (TPSA) is 84.7 Å². The molecule has 3 aromatic rings. The van der Waals surface area contributed by atoms with Gasteiger partial charge < -0.3 is 4.74 Å². The van der Waals surface area contributed by atoms with Crippen molar-refractivity contribution in [1.82, 2.24) is 19.4 Å². The summed E-state index contributed by atoms with van der Waals surface area (Å²) in [5, 5.41) is 1.08. The third kappa shape index (κ3) is 4.31. The molecule has 2 aromatic carbocycles. The van der Waals surface area contributed by atoms with Gasteiger partial charge in [-0.25, -0.2) is 4.98 Å². The van der Waals surface area contributed by atoms with Crippen LogP contribution in [0.4, 0.5) is 0 Å². The van der Waals surface area contributed by atoms with Crippen molar-refractivity contribution >= 4 is 34.5 Å². The Balaban J connectivity index is 1.37. The highest BCUT2D eigenvalue weighted by Gasteiger charge is 2.35. The van der Waals surface area contributed by atoms with E-state index in [2.05, 4.69) is 4.90 Å². The van der Waals surface area contributed by atoms with Gasteiger partial charge in [0.05, 0.1) is 41.1 Å². The Hall–Kier alpha value is -3.01. The number of nitrogens with zero attached hydrogens (tertiary/aromatic N) is 4. The van der Waals surface area contributed by atoms with Crippen molar-refractivity contribution in [2.45, 2.75) is 18.1 Å². The van der Waals surface area contributed by atoms with E-state index < -0.39 is 0 Å². The largest absolute Gasteiger partial charge is 0.379 e. The van der Waals surface area contributed by atoms with Crippen LogP contribution >= 0.6 is 11.8 Å². The number of rotatable bonds is 7. The maximum absolute atomic E-state index is 13.3. The van der Waals surface area contributed by atoms with Crippen molar-refractivity contribution in [2.24, 2.45) is 0 Å². The van der Waals surface area contributed by atoms with Gasteiger partial charge >= 0.3 is 0 Å². The highest BCUT2D eigenvalue weighted by Crippen LogP contribution is 2.27. The Kier molecular flexibility index (Phi) is 6.26. The zero-order valence-corrected chi connectivity index (χ0v) is 18.9. The summed E-state index contributed by atoms with van der Waals surface area (Å²) in [6, 6.07) is 14.1. The van der Waals surface area contributed by atoms with Crippen LogP contribution in [0.15, 0.2) is 58.5 Å². The lowest BCUT2D eigenvalue weighted by Gasteiger charge is -2.26. The Morgan fingerprint density at radius 3 is 2.27 bits per heavy atom. The summed E-state index contributed by atoms with van der Waals surface area (Å²) in [7, 11) is 0. The Morgan fingerprint density at radius 2 is 1.55 bits per heavy atom. The minimum Gasteiger partial charge on any atom is -0.379 e. The van der Waals surface area contributed by atoms with Crippen LogP contribution in [0.25, 0.3) is 10.9 Å². The molecule has 1 aromatic heterocycles. The van der Waals surface area contributed by atoms with E-state index in [1.54, 1.807) is 41.0 Å². The first-order valence-corrected chi connectivity index (χ1v) is 12.0. The number of amides is 2. The number of benzene rings is 2. The lowest BCUT2D eigenvalue weighted by Crippen LogP contribution is -2.37. The fraction of sp³-hybridized carbons (Fsp3) is 0.333. The molecule has 0 unspecified atom stereocenters. The molecule has 0 radical (unpaired) electrons. The first-order valence-electron chi connectivity index (χ1n) is 11.0.